The molecule has 2 aliphatic rings. The number of esters is 1. The number of nitrogens with zero attached hydrogens (tertiary/aromatic N) is 1. The molecule has 1 unspecified atom stereocenters. The van der Waals surface area contributed by atoms with Crippen LogP contribution in [-0.4, -0.2) is 23.3 Å². The van der Waals surface area contributed by atoms with E-state index in [4.69, 9.17) is 4.74 Å². The highest BCUT2D eigenvalue weighted by Gasteiger charge is 2.45. The minimum atomic E-state index is -1.05. The third kappa shape index (κ3) is 1.99. The standard InChI is InChI=1S/C20H18N2O2/c1-24-19(23)20(18-11-13-21-22-18)12-10-14-6-2-3-7-15(14)16-8-4-5-9-17(16)20/h2,4-6,8-13H,3,7H2,1H3,(H,21,22). The molecule has 0 spiro atoms. The molecule has 1 aromatic heterocycles. The smallest absolute Gasteiger partial charge is 0.326 e. The molecule has 0 radical (unpaired) electrons. The number of hydrogen-bond donors (Lipinski definition) is 1. The number of nitrogens with one attached hydrogen (secondary N) is 1. The van der Waals surface area contributed by atoms with Gasteiger partial charge in [-0.3, -0.25) is 9.89 Å². The topological polar surface area (TPSA) is 55.0 Å². The molecule has 24 heavy (non-hydrogen) atoms. The summed E-state index contributed by atoms with van der Waals surface area (Å²) < 4.78 is 5.20. The van der Waals surface area contributed by atoms with Crippen molar-refractivity contribution < 1.29 is 9.53 Å². The van der Waals surface area contributed by atoms with Crippen molar-refractivity contribution in [2.75, 3.05) is 7.11 Å². The summed E-state index contributed by atoms with van der Waals surface area (Å²) in [5, 5.41) is 7.15. The lowest BCUT2D eigenvalue weighted by atomic mass is 9.74. The summed E-state index contributed by atoms with van der Waals surface area (Å²) in [7, 11) is 1.42. The molecule has 4 heteroatoms. The normalized spacial score (nSPS) is 21.9. The molecule has 0 aliphatic heterocycles. The van der Waals surface area contributed by atoms with Gasteiger partial charge in [0.05, 0.1) is 12.8 Å². The summed E-state index contributed by atoms with van der Waals surface area (Å²) in [6, 6.07) is 9.89. The molecule has 0 saturated carbocycles. The van der Waals surface area contributed by atoms with E-state index in [9.17, 15) is 4.79 Å². The van der Waals surface area contributed by atoms with Crippen LogP contribution in [0.5, 0.6) is 0 Å². The Hall–Kier alpha value is -2.88. The zero-order valence-electron chi connectivity index (χ0n) is 13.5. The third-order valence-electron chi connectivity index (χ3n) is 4.81. The van der Waals surface area contributed by atoms with Crippen LogP contribution in [0.3, 0.4) is 0 Å². The van der Waals surface area contributed by atoms with Crippen LogP contribution in [-0.2, 0) is 14.9 Å². The number of H-pyrrole nitrogens is 1. The Bertz CT molecular complexity index is 875. The Morgan fingerprint density at radius 1 is 1.25 bits per heavy atom. The van der Waals surface area contributed by atoms with Crippen molar-refractivity contribution in [1.82, 2.24) is 10.2 Å². The van der Waals surface area contributed by atoms with Crippen LogP contribution in [0, 0.1) is 0 Å². The summed E-state index contributed by atoms with van der Waals surface area (Å²) in [5.74, 6) is -0.331. The predicted molar refractivity (Wildman–Crippen MR) is 92.3 cm³/mol. The van der Waals surface area contributed by atoms with Crippen molar-refractivity contribution in [3.63, 3.8) is 0 Å². The SMILES string of the molecule is COC(=O)C1(c2cc[nH]n2)C=CC2=C(CCC=C2)c2ccccc21. The highest BCUT2D eigenvalue weighted by molar-refractivity contribution is 5.94. The summed E-state index contributed by atoms with van der Waals surface area (Å²) >= 11 is 0. The second-order valence-corrected chi connectivity index (χ2v) is 6.01. The summed E-state index contributed by atoms with van der Waals surface area (Å²) in [6.07, 6.45) is 12.0. The highest BCUT2D eigenvalue weighted by Crippen LogP contribution is 2.44. The number of carbonyl (C=O) groups is 1. The van der Waals surface area contributed by atoms with E-state index >= 15 is 0 Å². The molecule has 0 bridgehead atoms. The van der Waals surface area contributed by atoms with Gasteiger partial charge in [-0.15, -0.1) is 0 Å². The van der Waals surface area contributed by atoms with E-state index in [1.54, 1.807) is 6.20 Å². The van der Waals surface area contributed by atoms with Crippen LogP contribution in [0.15, 0.2) is 66.4 Å². The third-order valence-corrected chi connectivity index (χ3v) is 4.81. The van der Waals surface area contributed by atoms with E-state index in [-0.39, 0.29) is 5.97 Å². The molecule has 1 heterocycles. The second-order valence-electron chi connectivity index (χ2n) is 6.01. The van der Waals surface area contributed by atoms with Crippen LogP contribution < -0.4 is 0 Å². The lowest BCUT2D eigenvalue weighted by molar-refractivity contribution is -0.144. The molecule has 0 fully saturated rings. The quantitative estimate of drug-likeness (QED) is 0.862. The van der Waals surface area contributed by atoms with Crippen LogP contribution in [0.1, 0.15) is 29.7 Å². The van der Waals surface area contributed by atoms with Crippen molar-refractivity contribution in [2.45, 2.75) is 18.3 Å². The van der Waals surface area contributed by atoms with Crippen molar-refractivity contribution in [1.29, 1.82) is 0 Å². The molecule has 2 aliphatic carbocycles. The zero-order valence-corrected chi connectivity index (χ0v) is 13.5. The maximum atomic E-state index is 12.9. The fraction of sp³-hybridized carbons (Fsp3) is 0.200. The first-order chi connectivity index (χ1) is 11.8. The number of benzene rings is 1. The second kappa shape index (κ2) is 5.64. The molecule has 1 N–H and O–H groups in total. The van der Waals surface area contributed by atoms with E-state index in [0.29, 0.717) is 5.69 Å². The van der Waals surface area contributed by atoms with E-state index in [1.165, 1.54) is 12.7 Å². The number of ether oxygens (including phenoxy) is 1. The van der Waals surface area contributed by atoms with Crippen molar-refractivity contribution >= 4 is 11.5 Å². The number of allylic oxidation sites excluding steroid dienone is 5. The number of hydrogen-bond acceptors (Lipinski definition) is 3. The Balaban J connectivity index is 2.06. The van der Waals surface area contributed by atoms with Crippen LogP contribution in [0.2, 0.25) is 0 Å². The van der Waals surface area contributed by atoms with Gasteiger partial charge in [0.1, 0.15) is 0 Å². The maximum Gasteiger partial charge on any atom is 0.326 e. The van der Waals surface area contributed by atoms with Gasteiger partial charge in [0.25, 0.3) is 0 Å². The molecular weight excluding hydrogens is 300 g/mol. The number of aromatic nitrogens is 2. The van der Waals surface area contributed by atoms with Gasteiger partial charge in [-0.25, -0.2) is 0 Å². The zero-order chi connectivity index (χ0) is 16.6. The molecule has 2 aromatic rings. The number of fused-ring (bicyclic) bond motifs is 2. The van der Waals surface area contributed by atoms with Gasteiger partial charge in [0.15, 0.2) is 5.41 Å². The Kier molecular flexibility index (Phi) is 3.45. The summed E-state index contributed by atoms with van der Waals surface area (Å²) in [5.41, 5.74) is 4.02. The first-order valence-corrected chi connectivity index (χ1v) is 8.05. The van der Waals surface area contributed by atoms with Gasteiger partial charge in [-0.05, 0) is 41.2 Å². The fourth-order valence-electron chi connectivity index (χ4n) is 3.67. The number of aromatic amines is 1. The van der Waals surface area contributed by atoms with Gasteiger partial charge >= 0.3 is 5.97 Å². The van der Waals surface area contributed by atoms with Crippen molar-refractivity contribution in [3.8, 4) is 0 Å². The summed E-state index contributed by atoms with van der Waals surface area (Å²) in [4.78, 5) is 12.9. The summed E-state index contributed by atoms with van der Waals surface area (Å²) in [6.45, 7) is 0. The van der Waals surface area contributed by atoms with Crippen molar-refractivity contribution in [2.24, 2.45) is 0 Å². The average Bonchev–Trinajstić information content (AvgIpc) is 3.13. The van der Waals surface area contributed by atoms with Gasteiger partial charge < -0.3 is 4.74 Å². The van der Waals surface area contributed by atoms with E-state index < -0.39 is 5.41 Å². The molecule has 0 saturated heterocycles. The van der Waals surface area contributed by atoms with Gasteiger partial charge in [-0.2, -0.15) is 5.10 Å². The van der Waals surface area contributed by atoms with Crippen molar-refractivity contribution in [3.05, 3.63) is 83.2 Å². The minimum absolute atomic E-state index is 0.331. The molecule has 4 rings (SSSR count). The van der Waals surface area contributed by atoms with Gasteiger partial charge in [0, 0.05) is 6.20 Å². The van der Waals surface area contributed by atoms with Crippen LogP contribution in [0.25, 0.3) is 5.57 Å². The maximum absolute atomic E-state index is 12.9. The molecular formula is C20H18N2O2. The van der Waals surface area contributed by atoms with Gasteiger partial charge in [0.2, 0.25) is 0 Å². The van der Waals surface area contributed by atoms with E-state index in [0.717, 1.165) is 29.5 Å². The lowest BCUT2D eigenvalue weighted by Crippen LogP contribution is -2.37. The van der Waals surface area contributed by atoms with Crippen LogP contribution in [0.4, 0.5) is 0 Å². The molecule has 120 valence electrons. The largest absolute Gasteiger partial charge is 0.468 e. The molecule has 0 amide bonds. The van der Waals surface area contributed by atoms with E-state index in [1.807, 2.05) is 36.4 Å². The number of methoxy groups -OCH3 is 1. The van der Waals surface area contributed by atoms with E-state index in [2.05, 4.69) is 28.4 Å². The highest BCUT2D eigenvalue weighted by atomic mass is 16.5. The molecule has 1 atom stereocenters. The lowest BCUT2D eigenvalue weighted by Gasteiger charge is -2.28. The number of carbonyl (C=O) groups excluding carboxylic acids is 1. The predicted octanol–water partition coefficient (Wildman–Crippen LogP) is 3.54. The minimum Gasteiger partial charge on any atom is -0.468 e. The first-order valence-electron chi connectivity index (χ1n) is 8.05. The van der Waals surface area contributed by atoms with Gasteiger partial charge in [-0.1, -0.05) is 48.6 Å². The Morgan fingerprint density at radius 3 is 2.92 bits per heavy atom. The van der Waals surface area contributed by atoms with Crippen LogP contribution >= 0.6 is 0 Å². The first kappa shape index (κ1) is 14.7. The number of rotatable bonds is 2. The molecule has 1 aromatic carbocycles. The fourth-order valence-corrected chi connectivity index (χ4v) is 3.67. The monoisotopic (exact) mass is 318 g/mol. The molecule has 4 nitrogen and oxygen atoms in total. The average molecular weight is 318 g/mol. The Labute approximate surface area is 140 Å². The Morgan fingerprint density at radius 2 is 2.12 bits per heavy atom.